The Bertz CT molecular complexity index is 174. The van der Waals surface area contributed by atoms with Gasteiger partial charge in [0.15, 0.2) is 0 Å². The Morgan fingerprint density at radius 3 is 1.80 bits per heavy atom. The van der Waals surface area contributed by atoms with Gasteiger partial charge in [0, 0.05) is 0 Å². The summed E-state index contributed by atoms with van der Waals surface area (Å²) in [6.45, 7) is 0. The molecule has 0 saturated heterocycles. The molecule has 1 aromatic carbocycles. The summed E-state index contributed by atoms with van der Waals surface area (Å²) in [7, 11) is 0. The van der Waals surface area contributed by atoms with E-state index in [2.05, 4.69) is 30.0 Å². The van der Waals surface area contributed by atoms with Crippen LogP contribution in [-0.4, -0.2) is 4.61 Å². The van der Waals surface area contributed by atoms with E-state index in [9.17, 15) is 0 Å². The third-order valence-electron chi connectivity index (χ3n) is 0.917. The number of benzene rings is 1. The summed E-state index contributed by atoms with van der Waals surface area (Å²) in [5, 5.41) is 0. The zero-order valence-corrected chi connectivity index (χ0v) is 8.51. The van der Waals surface area contributed by atoms with Crippen molar-refractivity contribution in [1.82, 2.24) is 0 Å². The van der Waals surface area contributed by atoms with E-state index in [4.69, 9.17) is 0 Å². The molecule has 0 spiro atoms. The second kappa shape index (κ2) is 7.40. The molecule has 0 saturated carbocycles. The summed E-state index contributed by atoms with van der Waals surface area (Å²) in [5.74, 6) is 0. The van der Waals surface area contributed by atoms with Gasteiger partial charge in [-0.25, -0.2) is 0 Å². The van der Waals surface area contributed by atoms with Crippen molar-refractivity contribution in [2.75, 3.05) is 0 Å². The predicted molar refractivity (Wildman–Crippen MR) is 46.1 cm³/mol. The van der Waals surface area contributed by atoms with E-state index in [1.807, 2.05) is 22.8 Å². The van der Waals surface area contributed by atoms with Gasteiger partial charge in [-0.3, -0.25) is 0 Å². The van der Waals surface area contributed by atoms with Crippen LogP contribution in [0.15, 0.2) is 30.3 Å². The quantitative estimate of drug-likeness (QED) is 0.682. The van der Waals surface area contributed by atoms with Crippen LogP contribution in [0.25, 0.3) is 0 Å². The Morgan fingerprint density at radius 1 is 1.00 bits per heavy atom. The Hall–Kier alpha value is 0.293. The molecule has 0 N–H and O–H groups in total. The van der Waals surface area contributed by atoms with Crippen molar-refractivity contribution in [3.05, 3.63) is 35.9 Å². The molecule has 10 heavy (non-hydrogen) atoms. The van der Waals surface area contributed by atoms with E-state index >= 15 is 0 Å². The van der Waals surface area contributed by atoms with Crippen LogP contribution < -0.4 is 0 Å². The minimum absolute atomic E-state index is 0. The molecule has 0 heterocycles. The summed E-state index contributed by atoms with van der Waals surface area (Å²) in [5.41, 5.74) is 1.25. The Balaban J connectivity index is 0. The van der Waals surface area contributed by atoms with E-state index in [0.717, 1.165) is 0 Å². The number of hydrogen-bond donors (Lipinski definition) is 0. The average Bonchev–Trinajstić information content (AvgIpc) is 1.90. The van der Waals surface area contributed by atoms with Gasteiger partial charge in [0.05, 0.1) is 0 Å². The summed E-state index contributed by atoms with van der Waals surface area (Å²) in [6.07, 6.45) is 0. The molecule has 0 bridgehead atoms. The molecule has 0 nitrogen and oxygen atoms in total. The molecule has 0 atom stereocenters. The molecule has 0 aromatic heterocycles. The van der Waals surface area contributed by atoms with Crippen LogP contribution in [-0.2, 0) is 17.9 Å². The molecule has 1 rings (SSSR count). The van der Waals surface area contributed by atoms with Crippen LogP contribution in [0, 0.1) is 0 Å². The van der Waals surface area contributed by atoms with Crippen LogP contribution in [0.3, 0.4) is 0 Å². The van der Waals surface area contributed by atoms with Gasteiger partial charge in [0.1, 0.15) is 0 Å². The fraction of sp³-hybridized carbons (Fsp3) is 0. The second-order valence-corrected chi connectivity index (χ2v) is 2.01. The van der Waals surface area contributed by atoms with E-state index in [-0.39, 0.29) is 24.8 Å². The number of hydrogen-bond acceptors (Lipinski definition) is 0. The van der Waals surface area contributed by atoms with Crippen molar-refractivity contribution in [1.29, 1.82) is 0 Å². The van der Waals surface area contributed by atoms with Crippen LogP contribution in [0.2, 0.25) is 0 Å². The maximum absolute atomic E-state index is 2.48. The Kier molecular flexibility index (Phi) is 9.57. The van der Waals surface area contributed by atoms with Gasteiger partial charge in [-0.1, -0.05) is 0 Å². The third kappa shape index (κ3) is 4.16. The molecule has 0 aliphatic carbocycles. The van der Waals surface area contributed by atoms with E-state index < -0.39 is 0 Å². The SMILES string of the molecule is Cl.Cl.[Ru]=[CH]c1ccccc1. The second-order valence-electron chi connectivity index (χ2n) is 1.51. The molecular weight excluding hydrogens is 256 g/mol. The first-order chi connectivity index (χ1) is 3.93. The molecule has 0 fully saturated rings. The van der Waals surface area contributed by atoms with Gasteiger partial charge in [-0.05, 0) is 0 Å². The van der Waals surface area contributed by atoms with Crippen molar-refractivity contribution < 1.29 is 17.9 Å². The molecule has 3 heteroatoms. The van der Waals surface area contributed by atoms with Gasteiger partial charge < -0.3 is 0 Å². The summed E-state index contributed by atoms with van der Waals surface area (Å²) in [4.78, 5) is 0. The van der Waals surface area contributed by atoms with Gasteiger partial charge in [0.2, 0.25) is 0 Å². The fourth-order valence-corrected chi connectivity index (χ4v) is 0.856. The molecule has 0 amide bonds. The first-order valence-electron chi connectivity index (χ1n) is 2.40. The van der Waals surface area contributed by atoms with Crippen molar-refractivity contribution in [2.24, 2.45) is 0 Å². The molecule has 0 aliphatic rings. The summed E-state index contributed by atoms with van der Waals surface area (Å²) < 4.78 is 2.01. The van der Waals surface area contributed by atoms with Crippen molar-refractivity contribution in [3.63, 3.8) is 0 Å². The van der Waals surface area contributed by atoms with Crippen LogP contribution >= 0.6 is 24.8 Å². The van der Waals surface area contributed by atoms with Crippen LogP contribution in [0.5, 0.6) is 0 Å². The first kappa shape index (κ1) is 12.9. The van der Waals surface area contributed by atoms with Crippen molar-refractivity contribution in [3.8, 4) is 0 Å². The third-order valence-corrected chi connectivity index (χ3v) is 1.50. The molecule has 58 valence electrons. The number of halogens is 2. The van der Waals surface area contributed by atoms with Crippen molar-refractivity contribution in [2.45, 2.75) is 0 Å². The molecular formula is C7H8Cl2Ru. The van der Waals surface area contributed by atoms with Gasteiger partial charge in [-0.15, -0.1) is 24.8 Å². The van der Waals surface area contributed by atoms with E-state index in [0.29, 0.717) is 0 Å². The van der Waals surface area contributed by atoms with Crippen LogP contribution in [0.4, 0.5) is 0 Å². The van der Waals surface area contributed by atoms with E-state index in [1.165, 1.54) is 5.56 Å². The maximum atomic E-state index is 2.48. The summed E-state index contributed by atoms with van der Waals surface area (Å²) >= 11 is 2.48. The van der Waals surface area contributed by atoms with Gasteiger partial charge in [0.25, 0.3) is 0 Å². The van der Waals surface area contributed by atoms with Crippen LogP contribution in [0.1, 0.15) is 5.56 Å². The zero-order chi connectivity index (χ0) is 5.82. The Morgan fingerprint density at radius 2 is 1.50 bits per heavy atom. The summed E-state index contributed by atoms with van der Waals surface area (Å²) in [6, 6.07) is 10.2. The average molecular weight is 264 g/mol. The zero-order valence-electron chi connectivity index (χ0n) is 5.13. The van der Waals surface area contributed by atoms with Gasteiger partial charge >= 0.3 is 58.4 Å². The van der Waals surface area contributed by atoms with Gasteiger partial charge in [-0.2, -0.15) is 0 Å². The molecule has 0 radical (unpaired) electrons. The predicted octanol–water partition coefficient (Wildman–Crippen LogP) is 2.23. The topological polar surface area (TPSA) is 0 Å². The first-order valence-corrected chi connectivity index (χ1v) is 3.41. The molecule has 1 aromatic rings. The molecule has 0 unspecified atom stereocenters. The fourth-order valence-electron chi connectivity index (χ4n) is 0.521. The minimum atomic E-state index is 0. The monoisotopic (exact) mass is 264 g/mol. The standard InChI is InChI=1S/C7H6.2ClH.Ru/c1-7-5-3-2-4-6-7;;;/h1-6H;2*1H;. The van der Waals surface area contributed by atoms with E-state index in [1.54, 1.807) is 0 Å². The van der Waals surface area contributed by atoms with Crippen molar-refractivity contribution >= 4 is 29.4 Å². The normalized spacial score (nSPS) is 6.90. The number of rotatable bonds is 1. The Labute approximate surface area is 83.0 Å². The molecule has 0 aliphatic heterocycles.